The number of hydrogen-bond donors (Lipinski definition) is 0. The van der Waals surface area contributed by atoms with E-state index in [1.165, 1.54) is 4.90 Å². The van der Waals surface area contributed by atoms with Crippen molar-refractivity contribution >= 4 is 23.7 Å². The van der Waals surface area contributed by atoms with Gasteiger partial charge in [0.25, 0.3) is 5.91 Å². The molecule has 1 aromatic rings. The van der Waals surface area contributed by atoms with Gasteiger partial charge >= 0.3 is 12.0 Å². The topological polar surface area (TPSA) is 77.7 Å². The van der Waals surface area contributed by atoms with Gasteiger partial charge in [0, 0.05) is 26.4 Å². The number of imide groups is 1. The number of carbonyl (C=O) groups excluding carboxylic acids is 2. The lowest BCUT2D eigenvalue weighted by atomic mass is 10.1. The van der Waals surface area contributed by atoms with Gasteiger partial charge in [0.2, 0.25) is 11.9 Å². The Morgan fingerprint density at radius 2 is 1.94 bits per heavy atom. The summed E-state index contributed by atoms with van der Waals surface area (Å²) in [6.07, 6.45) is 2.53. The van der Waals surface area contributed by atoms with Crippen molar-refractivity contribution in [1.29, 1.82) is 0 Å². The summed E-state index contributed by atoms with van der Waals surface area (Å²) >= 11 is 0. The fourth-order valence-electron chi connectivity index (χ4n) is 4.62. The van der Waals surface area contributed by atoms with E-state index in [4.69, 9.17) is 14.5 Å². The number of carbonyl (C=O) groups is 2. The van der Waals surface area contributed by atoms with Crippen LogP contribution in [-0.2, 0) is 11.2 Å². The molecule has 1 saturated heterocycles. The molecule has 3 aliphatic rings. The van der Waals surface area contributed by atoms with E-state index in [0.717, 1.165) is 50.4 Å². The molecule has 0 spiro atoms. The van der Waals surface area contributed by atoms with Gasteiger partial charge in [-0.15, -0.1) is 0 Å². The summed E-state index contributed by atoms with van der Waals surface area (Å²) in [6.45, 7) is 7.01. The van der Waals surface area contributed by atoms with E-state index in [1.807, 2.05) is 18.2 Å². The lowest BCUT2D eigenvalue weighted by Gasteiger charge is -2.36. The Hall–Kier alpha value is -3.10. The van der Waals surface area contributed by atoms with Gasteiger partial charge in [-0.05, 0) is 30.0 Å². The minimum absolute atomic E-state index is 0.158. The van der Waals surface area contributed by atoms with Crippen LogP contribution in [0.2, 0.25) is 0 Å². The first kappa shape index (κ1) is 23.1. The first-order valence-corrected chi connectivity index (χ1v) is 11.6. The van der Waals surface area contributed by atoms with Crippen LogP contribution in [0.5, 0.6) is 11.5 Å². The zero-order valence-electron chi connectivity index (χ0n) is 20.2. The van der Waals surface area contributed by atoms with Crippen molar-refractivity contribution in [3.8, 4) is 11.5 Å². The van der Waals surface area contributed by atoms with Gasteiger partial charge in [-0.1, -0.05) is 24.9 Å². The zero-order valence-corrected chi connectivity index (χ0v) is 20.2. The first-order valence-electron chi connectivity index (χ1n) is 11.6. The predicted octanol–water partition coefficient (Wildman–Crippen LogP) is 2.04. The summed E-state index contributed by atoms with van der Waals surface area (Å²) in [5, 5.41) is 0. The fourth-order valence-corrected chi connectivity index (χ4v) is 4.62. The minimum Gasteiger partial charge on any atom is -0.493 e. The third-order valence-electron chi connectivity index (χ3n) is 6.55. The number of ether oxygens (including phenoxy) is 2. The SMILES string of the molecule is COc1ccc(CC[N+]2=C3N=C4C(C(=O)N(CCC(C)C)C(=O)N4C)N3CCC2)cc1OC. The van der Waals surface area contributed by atoms with E-state index < -0.39 is 6.04 Å². The van der Waals surface area contributed by atoms with Crippen LogP contribution in [0.3, 0.4) is 0 Å². The molecule has 0 aromatic heterocycles. The maximum Gasteiger partial charge on any atom is 0.392 e. The molecule has 3 heterocycles. The molecule has 9 nitrogen and oxygen atoms in total. The van der Waals surface area contributed by atoms with Gasteiger partial charge in [-0.3, -0.25) is 19.2 Å². The number of nitrogens with zero attached hydrogens (tertiary/aromatic N) is 5. The van der Waals surface area contributed by atoms with Crippen molar-refractivity contribution in [3.63, 3.8) is 0 Å². The quantitative estimate of drug-likeness (QED) is 0.560. The molecule has 0 radical (unpaired) electrons. The monoisotopic (exact) mass is 456 g/mol. The minimum atomic E-state index is -0.515. The van der Waals surface area contributed by atoms with E-state index in [2.05, 4.69) is 23.3 Å². The molecule has 0 bridgehead atoms. The molecule has 3 aliphatic heterocycles. The van der Waals surface area contributed by atoms with Crippen molar-refractivity contribution in [2.24, 2.45) is 10.9 Å². The number of benzene rings is 1. The summed E-state index contributed by atoms with van der Waals surface area (Å²) in [4.78, 5) is 36.0. The third-order valence-corrected chi connectivity index (χ3v) is 6.55. The zero-order chi connectivity index (χ0) is 23.7. The van der Waals surface area contributed by atoms with Crippen molar-refractivity contribution in [2.75, 3.05) is 47.4 Å². The molecular weight excluding hydrogens is 422 g/mol. The van der Waals surface area contributed by atoms with E-state index in [-0.39, 0.29) is 11.9 Å². The van der Waals surface area contributed by atoms with Crippen LogP contribution in [0.1, 0.15) is 32.3 Å². The molecule has 0 saturated carbocycles. The lowest BCUT2D eigenvalue weighted by molar-refractivity contribution is -0.538. The summed E-state index contributed by atoms with van der Waals surface area (Å²) in [5.74, 6) is 3.01. The highest BCUT2D eigenvalue weighted by Crippen LogP contribution is 2.29. The molecule has 1 fully saturated rings. The van der Waals surface area contributed by atoms with Crippen molar-refractivity contribution in [3.05, 3.63) is 23.8 Å². The van der Waals surface area contributed by atoms with Crippen LogP contribution in [0.25, 0.3) is 0 Å². The van der Waals surface area contributed by atoms with Crippen LogP contribution in [0, 0.1) is 5.92 Å². The molecule has 0 N–H and O–H groups in total. The summed E-state index contributed by atoms with van der Waals surface area (Å²) in [6, 6.07) is 5.15. The van der Waals surface area contributed by atoms with Crippen LogP contribution >= 0.6 is 0 Å². The Morgan fingerprint density at radius 3 is 2.64 bits per heavy atom. The molecule has 1 atom stereocenters. The maximum atomic E-state index is 13.3. The average molecular weight is 457 g/mol. The Balaban J connectivity index is 1.56. The Kier molecular flexibility index (Phi) is 6.58. The highest BCUT2D eigenvalue weighted by molar-refractivity contribution is 6.25. The van der Waals surface area contributed by atoms with Gasteiger partial charge in [-0.25, -0.2) is 9.69 Å². The summed E-state index contributed by atoms with van der Waals surface area (Å²) in [7, 11) is 4.98. The molecule has 3 amide bonds. The van der Waals surface area contributed by atoms with Crippen molar-refractivity contribution in [1.82, 2.24) is 14.7 Å². The first-order chi connectivity index (χ1) is 15.8. The normalized spacial score (nSPS) is 20.4. The molecule has 33 heavy (non-hydrogen) atoms. The Morgan fingerprint density at radius 1 is 1.18 bits per heavy atom. The lowest BCUT2D eigenvalue weighted by Crippen LogP contribution is -2.64. The average Bonchev–Trinajstić information content (AvgIpc) is 3.21. The number of urea groups is 1. The van der Waals surface area contributed by atoms with Gasteiger partial charge in [0.15, 0.2) is 11.5 Å². The third kappa shape index (κ3) is 4.28. The number of rotatable bonds is 8. The number of hydrogen-bond acceptors (Lipinski definition) is 6. The Labute approximate surface area is 195 Å². The molecule has 9 heteroatoms. The number of aliphatic imine (C=N–C) groups is 1. The van der Waals surface area contributed by atoms with E-state index >= 15 is 0 Å². The molecule has 178 valence electrons. The van der Waals surface area contributed by atoms with E-state index in [0.29, 0.717) is 29.8 Å². The molecular formula is C24H34N5O4+. The number of methoxy groups -OCH3 is 2. The van der Waals surface area contributed by atoms with Crippen LogP contribution in [-0.4, -0.2) is 96.5 Å². The molecule has 4 rings (SSSR count). The summed E-state index contributed by atoms with van der Waals surface area (Å²) < 4.78 is 13.0. The second-order valence-electron chi connectivity index (χ2n) is 9.16. The largest absolute Gasteiger partial charge is 0.493 e. The number of amidine groups is 1. The van der Waals surface area contributed by atoms with Crippen molar-refractivity contribution in [2.45, 2.75) is 39.2 Å². The summed E-state index contributed by atoms with van der Waals surface area (Å²) in [5.41, 5.74) is 1.14. The standard InChI is InChI=1S/C24H34N5O4/c1-16(2)9-14-29-22(30)20-21(26(3)24(29)31)25-23-27(11-6-12-28(20)23)13-10-17-7-8-18(32-4)19(15-17)33-5/h7-8,15-16,20H,6,9-14H2,1-5H3/q+1. The van der Waals surface area contributed by atoms with Gasteiger partial charge in [-0.2, -0.15) is 0 Å². The maximum absolute atomic E-state index is 13.3. The number of amides is 3. The smallest absolute Gasteiger partial charge is 0.392 e. The number of likely N-dealkylation sites (N-methyl/N-ethyl adjacent to an activating group) is 1. The van der Waals surface area contributed by atoms with Crippen LogP contribution < -0.4 is 9.47 Å². The molecule has 1 aromatic carbocycles. The van der Waals surface area contributed by atoms with Gasteiger partial charge < -0.3 is 9.47 Å². The number of guanidine groups is 1. The van der Waals surface area contributed by atoms with Gasteiger partial charge in [0.05, 0.1) is 33.9 Å². The Bertz CT molecular complexity index is 1000. The van der Waals surface area contributed by atoms with Crippen molar-refractivity contribution < 1.29 is 23.6 Å². The molecule has 0 aliphatic carbocycles. The van der Waals surface area contributed by atoms with E-state index in [9.17, 15) is 9.59 Å². The second-order valence-corrected chi connectivity index (χ2v) is 9.16. The van der Waals surface area contributed by atoms with Crippen LogP contribution in [0.4, 0.5) is 4.79 Å². The highest BCUT2D eigenvalue weighted by atomic mass is 16.5. The predicted molar refractivity (Wildman–Crippen MR) is 125 cm³/mol. The van der Waals surface area contributed by atoms with Gasteiger partial charge in [0.1, 0.15) is 0 Å². The van der Waals surface area contributed by atoms with E-state index in [1.54, 1.807) is 26.2 Å². The second kappa shape index (κ2) is 9.41. The molecule has 1 unspecified atom stereocenters. The highest BCUT2D eigenvalue weighted by Gasteiger charge is 2.56. The number of fused-ring (bicyclic) bond motifs is 3. The fraction of sp³-hybridized carbons (Fsp3) is 0.583. The van der Waals surface area contributed by atoms with Crippen LogP contribution in [0.15, 0.2) is 23.2 Å².